The summed E-state index contributed by atoms with van der Waals surface area (Å²) in [7, 11) is 5.25. The highest BCUT2D eigenvalue weighted by Gasteiger charge is 2.53. The molecule has 18 atom stereocenters. The highest BCUT2D eigenvalue weighted by molar-refractivity contribution is 5.76. The summed E-state index contributed by atoms with van der Waals surface area (Å²) in [5.41, 5.74) is -3.47. The largest absolute Gasteiger partial charge is 0.459 e. The monoisotopic (exact) mass is 924 g/mol. The fraction of sp³-hybridized carbons (Fsp3) is 0.837. The fourth-order valence-corrected chi connectivity index (χ4v) is 10.4. The molecule has 3 saturated heterocycles. The molecule has 16 heteroatoms. The number of likely N-dealkylation sites (N-methyl/N-ethyl adjacent to an activating group) is 1. The Hall–Kier alpha value is -2.32. The number of cyclic esters (lactones) is 1. The third-order valence-corrected chi connectivity index (χ3v) is 14.5. The summed E-state index contributed by atoms with van der Waals surface area (Å²) in [6.07, 6.45) is -7.38. The van der Waals surface area contributed by atoms with Gasteiger partial charge in [-0.25, -0.2) is 0 Å². The number of aryl methyl sites for hydroxylation is 1. The van der Waals surface area contributed by atoms with Crippen LogP contribution in [0.25, 0.3) is 0 Å². The van der Waals surface area contributed by atoms with Crippen molar-refractivity contribution in [1.82, 2.24) is 15.1 Å². The second-order valence-corrected chi connectivity index (χ2v) is 20.4. The van der Waals surface area contributed by atoms with Crippen molar-refractivity contribution in [3.63, 3.8) is 0 Å². The van der Waals surface area contributed by atoms with E-state index < -0.39 is 96.0 Å². The second-order valence-electron chi connectivity index (χ2n) is 20.4. The standard InChI is InChI=1S/C49H85N3O13/c1-14-37-49(10,59)42(55)33(6)52(24-22-38(53)50-23-18-21-35-19-16-15-17-20-35)28-29(2)26-47(8,58)44(65-46-40(54)36(51(11)12)25-30(3)61-46)31(4)41(32(5)45(57)63-37)64-39-27-48(9,60-13)43(56)34(7)62-39/h15-17,19-20,29-34,36-37,39-44,46,54-56,58-59H,14,18,21-28H2,1-13H3,(H,50,53)/t29-,30-,31+,32-,33-,34+,36+,37-,39+,40-,41+,42-,43+,44-,46+,47-,48-,49-/m1/s1. The number of carbonyl (C=O) groups is 2. The van der Waals surface area contributed by atoms with E-state index >= 15 is 0 Å². The van der Waals surface area contributed by atoms with E-state index in [1.54, 1.807) is 48.5 Å². The summed E-state index contributed by atoms with van der Waals surface area (Å²) in [6, 6.07) is 9.02. The lowest BCUT2D eigenvalue weighted by atomic mass is 9.77. The number of hydrogen-bond acceptors (Lipinski definition) is 15. The lowest BCUT2D eigenvalue weighted by molar-refractivity contribution is -0.318. The van der Waals surface area contributed by atoms with Crippen LogP contribution in [0.5, 0.6) is 0 Å². The van der Waals surface area contributed by atoms with Crippen molar-refractivity contribution in [3.05, 3.63) is 35.9 Å². The number of aliphatic hydroxyl groups is 5. The van der Waals surface area contributed by atoms with Crippen LogP contribution in [0.2, 0.25) is 0 Å². The summed E-state index contributed by atoms with van der Waals surface area (Å²) in [5.74, 6) is -3.07. The van der Waals surface area contributed by atoms with E-state index in [0.29, 0.717) is 19.5 Å². The minimum atomic E-state index is -1.93. The van der Waals surface area contributed by atoms with Crippen LogP contribution in [0.3, 0.4) is 0 Å². The zero-order valence-electron chi connectivity index (χ0n) is 41.5. The summed E-state index contributed by atoms with van der Waals surface area (Å²) >= 11 is 0. The third kappa shape index (κ3) is 14.1. The van der Waals surface area contributed by atoms with Crippen LogP contribution >= 0.6 is 0 Å². The number of aliphatic hydroxyl groups excluding tert-OH is 3. The molecule has 0 saturated carbocycles. The Morgan fingerprint density at radius 2 is 1.62 bits per heavy atom. The summed E-state index contributed by atoms with van der Waals surface area (Å²) < 4.78 is 38.0. The van der Waals surface area contributed by atoms with Gasteiger partial charge in [-0.1, -0.05) is 51.1 Å². The first kappa shape index (κ1) is 55.3. The number of nitrogens with one attached hydrogen (secondary N) is 1. The molecule has 0 aromatic heterocycles. The smallest absolute Gasteiger partial charge is 0.311 e. The maximum absolute atomic E-state index is 14.5. The Morgan fingerprint density at radius 1 is 0.954 bits per heavy atom. The van der Waals surface area contributed by atoms with Gasteiger partial charge in [0.05, 0.1) is 41.5 Å². The summed E-state index contributed by atoms with van der Waals surface area (Å²) in [6.45, 7) is 18.4. The molecule has 3 aliphatic heterocycles. The number of hydrogen-bond donors (Lipinski definition) is 6. The molecule has 1 amide bonds. The van der Waals surface area contributed by atoms with E-state index in [2.05, 4.69) is 17.4 Å². The number of esters is 1. The lowest BCUT2D eigenvalue weighted by Crippen LogP contribution is -2.60. The number of rotatable bonds is 14. The van der Waals surface area contributed by atoms with Crippen molar-refractivity contribution in [2.24, 2.45) is 17.8 Å². The Labute approximate surface area is 388 Å². The number of carbonyl (C=O) groups excluding carboxylic acids is 2. The number of methoxy groups -OCH3 is 1. The van der Waals surface area contributed by atoms with Gasteiger partial charge in [-0.3, -0.25) is 14.5 Å². The van der Waals surface area contributed by atoms with Gasteiger partial charge >= 0.3 is 5.97 Å². The molecule has 0 radical (unpaired) electrons. The van der Waals surface area contributed by atoms with Gasteiger partial charge in [-0.05, 0) is 106 Å². The second kappa shape index (κ2) is 23.8. The van der Waals surface area contributed by atoms with Crippen LogP contribution in [-0.2, 0) is 44.4 Å². The average Bonchev–Trinajstić information content (AvgIpc) is 3.25. The molecule has 1 aromatic carbocycles. The molecule has 0 unspecified atom stereocenters. The average molecular weight is 924 g/mol. The van der Waals surface area contributed by atoms with Crippen molar-refractivity contribution in [2.45, 2.75) is 204 Å². The fourth-order valence-electron chi connectivity index (χ4n) is 10.4. The third-order valence-electron chi connectivity index (χ3n) is 14.5. The van der Waals surface area contributed by atoms with Crippen LogP contribution in [0, 0.1) is 17.8 Å². The minimum Gasteiger partial charge on any atom is -0.459 e. The molecule has 1 aromatic rings. The first-order valence-electron chi connectivity index (χ1n) is 23.9. The molecule has 16 nitrogen and oxygen atoms in total. The van der Waals surface area contributed by atoms with Crippen LogP contribution in [0.1, 0.15) is 113 Å². The van der Waals surface area contributed by atoms with Gasteiger partial charge < -0.3 is 64.2 Å². The van der Waals surface area contributed by atoms with Crippen molar-refractivity contribution in [2.75, 3.05) is 40.8 Å². The van der Waals surface area contributed by atoms with E-state index in [-0.39, 0.29) is 56.2 Å². The van der Waals surface area contributed by atoms with Crippen LogP contribution < -0.4 is 5.32 Å². The molecule has 374 valence electrons. The van der Waals surface area contributed by atoms with E-state index in [9.17, 15) is 35.1 Å². The first-order chi connectivity index (χ1) is 30.4. The van der Waals surface area contributed by atoms with Crippen LogP contribution in [0.15, 0.2) is 30.3 Å². The van der Waals surface area contributed by atoms with Crippen LogP contribution in [0.4, 0.5) is 0 Å². The topological polar surface area (TPSA) is 209 Å². The van der Waals surface area contributed by atoms with Crippen molar-refractivity contribution < 1.29 is 63.5 Å². The number of ether oxygens (including phenoxy) is 6. The normalized spacial score (nSPS) is 41.9. The predicted molar refractivity (Wildman–Crippen MR) is 246 cm³/mol. The molecule has 0 spiro atoms. The summed E-state index contributed by atoms with van der Waals surface area (Å²) in [5, 5.41) is 62.8. The predicted octanol–water partition coefficient (Wildman–Crippen LogP) is 3.41. The Balaban J connectivity index is 1.73. The molecular formula is C49H85N3O13. The SMILES string of the molecule is CC[C@H]1OC(=O)[C@H](C)[C@@H](O[C@H]2C[C@@](C)(OC)[C@@H](O)[C@H](C)O2)[C@H](C)[C@@H](O[C@@H]2O[C@H](C)C[C@H](N(C)C)[C@H]2O)[C@](C)(O)C[C@@H](C)CN(CCC(=O)NCCCc2ccccc2)[C@H](C)[C@@H](O)[C@]1(C)O. The minimum absolute atomic E-state index is 0.101. The highest BCUT2D eigenvalue weighted by Crippen LogP contribution is 2.40. The van der Waals surface area contributed by atoms with Crippen molar-refractivity contribution in [1.29, 1.82) is 0 Å². The van der Waals surface area contributed by atoms with E-state index in [1.165, 1.54) is 19.6 Å². The van der Waals surface area contributed by atoms with E-state index in [4.69, 9.17) is 28.4 Å². The first-order valence-corrected chi connectivity index (χ1v) is 23.9. The van der Waals surface area contributed by atoms with Gasteiger partial charge in [0.2, 0.25) is 5.91 Å². The molecule has 6 N–H and O–H groups in total. The number of amides is 1. The molecular weight excluding hydrogens is 839 g/mol. The quantitative estimate of drug-likeness (QED) is 0.117. The molecule has 65 heavy (non-hydrogen) atoms. The molecule has 3 fully saturated rings. The number of nitrogens with zero attached hydrogens (tertiary/aromatic N) is 2. The van der Waals surface area contributed by atoms with E-state index in [0.717, 1.165) is 12.8 Å². The number of benzene rings is 1. The van der Waals surface area contributed by atoms with Crippen molar-refractivity contribution >= 4 is 11.9 Å². The van der Waals surface area contributed by atoms with Gasteiger partial charge in [-0.15, -0.1) is 0 Å². The molecule has 0 bridgehead atoms. The van der Waals surface area contributed by atoms with Gasteiger partial charge in [0, 0.05) is 57.6 Å². The maximum atomic E-state index is 14.5. The molecule has 4 rings (SSSR count). The van der Waals surface area contributed by atoms with Gasteiger partial charge in [-0.2, -0.15) is 0 Å². The van der Waals surface area contributed by atoms with Crippen molar-refractivity contribution in [3.8, 4) is 0 Å². The Bertz CT molecular complexity index is 1620. The zero-order chi connectivity index (χ0) is 48.6. The van der Waals surface area contributed by atoms with Gasteiger partial charge in [0.1, 0.15) is 30.0 Å². The molecule has 3 aliphatic rings. The zero-order valence-corrected chi connectivity index (χ0v) is 41.5. The summed E-state index contributed by atoms with van der Waals surface area (Å²) in [4.78, 5) is 31.6. The molecule has 0 aliphatic carbocycles. The maximum Gasteiger partial charge on any atom is 0.311 e. The van der Waals surface area contributed by atoms with E-state index in [1.807, 2.05) is 55.9 Å². The highest BCUT2D eigenvalue weighted by atomic mass is 16.7. The van der Waals surface area contributed by atoms with Gasteiger partial charge in [0.25, 0.3) is 0 Å². The molecule has 3 heterocycles. The Kier molecular flexibility index (Phi) is 20.2. The van der Waals surface area contributed by atoms with Crippen LogP contribution in [-0.4, -0.2) is 178 Å². The van der Waals surface area contributed by atoms with Gasteiger partial charge in [0.15, 0.2) is 12.6 Å². The Morgan fingerprint density at radius 3 is 2.23 bits per heavy atom. The lowest BCUT2D eigenvalue weighted by Gasteiger charge is -2.48.